The van der Waals surface area contributed by atoms with Gasteiger partial charge in [0.2, 0.25) is 0 Å². The predicted molar refractivity (Wildman–Crippen MR) is 81.0 cm³/mol. The van der Waals surface area contributed by atoms with Crippen molar-refractivity contribution in [2.24, 2.45) is 0 Å². The van der Waals surface area contributed by atoms with Crippen molar-refractivity contribution >= 4 is 15.9 Å². The minimum Gasteiger partial charge on any atom is -0.486 e. The molecule has 1 aliphatic rings. The molecule has 0 spiro atoms. The fourth-order valence-corrected chi connectivity index (χ4v) is 2.92. The second-order valence-electron chi connectivity index (χ2n) is 5.59. The third-order valence-electron chi connectivity index (χ3n) is 3.30. The molecule has 3 nitrogen and oxygen atoms in total. The maximum absolute atomic E-state index is 5.64. The van der Waals surface area contributed by atoms with Gasteiger partial charge in [0.25, 0.3) is 0 Å². The van der Waals surface area contributed by atoms with Crippen molar-refractivity contribution in [3.63, 3.8) is 0 Å². The number of nitrogens with one attached hydrogen (secondary N) is 1. The predicted octanol–water partition coefficient (Wildman–Crippen LogP) is 3.89. The van der Waals surface area contributed by atoms with Crippen LogP contribution in [0.4, 0.5) is 0 Å². The van der Waals surface area contributed by atoms with Gasteiger partial charge in [-0.15, -0.1) is 0 Å². The van der Waals surface area contributed by atoms with E-state index >= 15 is 0 Å². The van der Waals surface area contributed by atoms with Crippen LogP contribution in [0.2, 0.25) is 0 Å². The van der Waals surface area contributed by atoms with Crippen LogP contribution in [0.3, 0.4) is 0 Å². The highest BCUT2D eigenvalue weighted by molar-refractivity contribution is 9.10. The smallest absolute Gasteiger partial charge is 0.175 e. The van der Waals surface area contributed by atoms with Gasteiger partial charge in [0.05, 0.1) is 4.47 Å². The Morgan fingerprint density at radius 1 is 1.26 bits per heavy atom. The fraction of sp³-hybridized carbons (Fsp3) is 0.600. The van der Waals surface area contributed by atoms with Gasteiger partial charge in [0.1, 0.15) is 13.2 Å². The minimum atomic E-state index is 0.161. The molecule has 0 fully saturated rings. The summed E-state index contributed by atoms with van der Waals surface area (Å²) in [7, 11) is 0. The van der Waals surface area contributed by atoms with E-state index in [-0.39, 0.29) is 5.54 Å². The molecular weight excluding hydrogens is 306 g/mol. The van der Waals surface area contributed by atoms with Gasteiger partial charge in [0, 0.05) is 12.1 Å². The van der Waals surface area contributed by atoms with Gasteiger partial charge in [-0.3, -0.25) is 0 Å². The highest BCUT2D eigenvalue weighted by atomic mass is 79.9. The third kappa shape index (κ3) is 3.86. The largest absolute Gasteiger partial charge is 0.486 e. The monoisotopic (exact) mass is 327 g/mol. The normalized spacial score (nSPS) is 14.5. The molecule has 1 heterocycles. The molecule has 19 heavy (non-hydrogen) atoms. The lowest BCUT2D eigenvalue weighted by atomic mass is 9.98. The van der Waals surface area contributed by atoms with Crippen LogP contribution in [0.15, 0.2) is 16.6 Å². The molecule has 1 aromatic carbocycles. The number of hydrogen-bond acceptors (Lipinski definition) is 3. The Hall–Kier alpha value is -0.740. The van der Waals surface area contributed by atoms with Crippen LogP contribution in [0.25, 0.3) is 0 Å². The lowest BCUT2D eigenvalue weighted by molar-refractivity contribution is 0.170. The van der Waals surface area contributed by atoms with E-state index in [0.717, 1.165) is 22.5 Å². The summed E-state index contributed by atoms with van der Waals surface area (Å²) in [6.07, 6.45) is 2.35. The zero-order chi connectivity index (χ0) is 13.9. The Morgan fingerprint density at radius 3 is 2.74 bits per heavy atom. The van der Waals surface area contributed by atoms with Crippen LogP contribution < -0.4 is 14.8 Å². The molecule has 0 saturated carbocycles. The van der Waals surface area contributed by atoms with E-state index in [0.29, 0.717) is 13.2 Å². The van der Waals surface area contributed by atoms with Gasteiger partial charge in [0.15, 0.2) is 11.5 Å². The Morgan fingerprint density at radius 2 is 2.00 bits per heavy atom. The molecule has 1 aliphatic heterocycles. The van der Waals surface area contributed by atoms with Crippen molar-refractivity contribution in [3.05, 3.63) is 22.2 Å². The molecule has 0 amide bonds. The van der Waals surface area contributed by atoms with Crippen LogP contribution >= 0.6 is 15.9 Å². The molecular formula is C15H22BrNO2. The van der Waals surface area contributed by atoms with Gasteiger partial charge in [-0.05, 0) is 53.9 Å². The van der Waals surface area contributed by atoms with Gasteiger partial charge < -0.3 is 14.8 Å². The van der Waals surface area contributed by atoms with Crippen LogP contribution in [-0.4, -0.2) is 18.8 Å². The van der Waals surface area contributed by atoms with E-state index in [1.54, 1.807) is 0 Å². The first-order chi connectivity index (χ1) is 9.02. The molecule has 106 valence electrons. The fourth-order valence-electron chi connectivity index (χ4n) is 2.32. The molecule has 2 rings (SSSR count). The molecule has 0 unspecified atom stereocenters. The number of fused-ring (bicyclic) bond motifs is 1. The van der Waals surface area contributed by atoms with Crippen LogP contribution in [0, 0.1) is 0 Å². The van der Waals surface area contributed by atoms with Crippen LogP contribution in [0.5, 0.6) is 11.5 Å². The number of halogens is 1. The average Bonchev–Trinajstić information content (AvgIpc) is 2.37. The van der Waals surface area contributed by atoms with E-state index < -0.39 is 0 Å². The lowest BCUT2D eigenvalue weighted by Gasteiger charge is -2.26. The Kier molecular flexibility index (Phi) is 4.74. The summed E-state index contributed by atoms with van der Waals surface area (Å²) < 4.78 is 12.2. The first-order valence-corrected chi connectivity index (χ1v) is 7.64. The highest BCUT2D eigenvalue weighted by Gasteiger charge is 2.18. The first kappa shape index (κ1) is 14.7. The summed E-state index contributed by atoms with van der Waals surface area (Å²) in [5.41, 5.74) is 1.37. The SMILES string of the molecule is CCCC(C)(C)NCc1cc(Br)c2c(c1)OCCO2. The van der Waals surface area contributed by atoms with Gasteiger partial charge in [-0.2, -0.15) is 0 Å². The summed E-state index contributed by atoms with van der Waals surface area (Å²) in [5, 5.41) is 3.59. The zero-order valence-corrected chi connectivity index (χ0v) is 13.5. The van der Waals surface area contributed by atoms with Crippen molar-refractivity contribution in [1.29, 1.82) is 0 Å². The average molecular weight is 328 g/mol. The maximum Gasteiger partial charge on any atom is 0.175 e. The second kappa shape index (κ2) is 6.14. The zero-order valence-electron chi connectivity index (χ0n) is 11.9. The highest BCUT2D eigenvalue weighted by Crippen LogP contribution is 2.38. The summed E-state index contributed by atoms with van der Waals surface area (Å²) in [4.78, 5) is 0. The van der Waals surface area contributed by atoms with E-state index in [1.165, 1.54) is 18.4 Å². The van der Waals surface area contributed by atoms with Crippen LogP contribution in [0.1, 0.15) is 39.2 Å². The number of benzene rings is 1. The quantitative estimate of drug-likeness (QED) is 0.889. The lowest BCUT2D eigenvalue weighted by Crippen LogP contribution is -2.38. The number of hydrogen-bond donors (Lipinski definition) is 1. The summed E-state index contributed by atoms with van der Waals surface area (Å²) in [6, 6.07) is 4.16. The standard InChI is InChI=1S/C15H22BrNO2/c1-4-5-15(2,3)17-10-11-8-12(16)14-13(9-11)18-6-7-19-14/h8-9,17H,4-7,10H2,1-3H3. The molecule has 0 saturated heterocycles. The van der Waals surface area contributed by atoms with Crippen LogP contribution in [-0.2, 0) is 6.54 Å². The molecule has 1 N–H and O–H groups in total. The van der Waals surface area contributed by atoms with Crippen molar-refractivity contribution in [2.45, 2.75) is 45.7 Å². The number of rotatable bonds is 5. The summed E-state index contributed by atoms with van der Waals surface area (Å²) in [6.45, 7) is 8.77. The third-order valence-corrected chi connectivity index (χ3v) is 3.89. The van der Waals surface area contributed by atoms with E-state index in [2.05, 4.69) is 54.2 Å². The summed E-state index contributed by atoms with van der Waals surface area (Å²) >= 11 is 3.55. The van der Waals surface area contributed by atoms with Gasteiger partial charge in [-0.1, -0.05) is 13.3 Å². The van der Waals surface area contributed by atoms with Crippen molar-refractivity contribution in [3.8, 4) is 11.5 Å². The molecule has 0 radical (unpaired) electrons. The van der Waals surface area contributed by atoms with Gasteiger partial charge >= 0.3 is 0 Å². The topological polar surface area (TPSA) is 30.5 Å². The first-order valence-electron chi connectivity index (χ1n) is 6.85. The van der Waals surface area contributed by atoms with E-state index in [9.17, 15) is 0 Å². The number of ether oxygens (including phenoxy) is 2. The minimum absolute atomic E-state index is 0.161. The molecule has 0 aliphatic carbocycles. The molecule has 0 aromatic heterocycles. The molecule has 4 heteroatoms. The van der Waals surface area contributed by atoms with E-state index in [4.69, 9.17) is 9.47 Å². The van der Waals surface area contributed by atoms with E-state index in [1.807, 2.05) is 0 Å². The Labute approximate surface area is 123 Å². The van der Waals surface area contributed by atoms with Gasteiger partial charge in [-0.25, -0.2) is 0 Å². The van der Waals surface area contributed by atoms with Crippen molar-refractivity contribution < 1.29 is 9.47 Å². The van der Waals surface area contributed by atoms with Crippen molar-refractivity contribution in [2.75, 3.05) is 13.2 Å². The molecule has 0 atom stereocenters. The van der Waals surface area contributed by atoms with Crippen molar-refractivity contribution in [1.82, 2.24) is 5.32 Å². The summed E-state index contributed by atoms with van der Waals surface area (Å²) in [5.74, 6) is 1.66. The Bertz CT molecular complexity index is 446. The Balaban J connectivity index is 2.07. The second-order valence-corrected chi connectivity index (χ2v) is 6.44. The maximum atomic E-state index is 5.64. The molecule has 1 aromatic rings. The molecule has 0 bridgehead atoms.